The van der Waals surface area contributed by atoms with Gasteiger partial charge < -0.3 is 19.3 Å². The van der Waals surface area contributed by atoms with Crippen LogP contribution in [0.25, 0.3) is 0 Å². The van der Waals surface area contributed by atoms with Crippen molar-refractivity contribution >= 4 is 0 Å². The molecule has 2 rings (SSSR count). The third-order valence-electron chi connectivity index (χ3n) is 2.69. The Morgan fingerprint density at radius 3 is 2.62 bits per heavy atom. The molecule has 1 N–H and O–H groups in total. The van der Waals surface area contributed by atoms with E-state index in [4.69, 9.17) is 24.6 Å². The van der Waals surface area contributed by atoms with Crippen molar-refractivity contribution in [1.82, 2.24) is 0 Å². The summed E-state index contributed by atoms with van der Waals surface area (Å²) in [7, 11) is 1.58. The van der Waals surface area contributed by atoms with Crippen molar-refractivity contribution in [3.05, 3.63) is 48.0 Å². The standard InChI is InChI=1S/C16H15NO4/c1-19-13-3-2-4-14(10-13)21-15-6-5-12(11-17)9-16(15)20-8-7-18/h2-6,9-10,18H,7-8H2,1H3. The first kappa shape index (κ1) is 14.7. The van der Waals surface area contributed by atoms with Gasteiger partial charge in [-0.3, -0.25) is 0 Å². The van der Waals surface area contributed by atoms with Crippen molar-refractivity contribution in [3.8, 4) is 29.1 Å². The zero-order valence-electron chi connectivity index (χ0n) is 11.6. The minimum absolute atomic E-state index is 0.116. The number of nitriles is 1. The average molecular weight is 285 g/mol. The molecule has 0 atom stereocenters. The molecule has 0 amide bonds. The number of hydrogen-bond acceptors (Lipinski definition) is 5. The van der Waals surface area contributed by atoms with Crippen LogP contribution in [-0.4, -0.2) is 25.4 Å². The predicted octanol–water partition coefficient (Wildman–Crippen LogP) is 2.73. The first-order valence-corrected chi connectivity index (χ1v) is 6.36. The van der Waals surface area contributed by atoms with Gasteiger partial charge in [-0.1, -0.05) is 6.07 Å². The van der Waals surface area contributed by atoms with Crippen LogP contribution >= 0.6 is 0 Å². The Morgan fingerprint density at radius 2 is 1.90 bits per heavy atom. The first-order valence-electron chi connectivity index (χ1n) is 6.36. The molecular formula is C16H15NO4. The van der Waals surface area contributed by atoms with Crippen LogP contribution in [0.1, 0.15) is 5.56 Å². The zero-order chi connectivity index (χ0) is 15.1. The van der Waals surface area contributed by atoms with Crippen molar-refractivity contribution in [2.45, 2.75) is 0 Å². The van der Waals surface area contributed by atoms with Gasteiger partial charge in [-0.25, -0.2) is 0 Å². The molecule has 0 fully saturated rings. The lowest BCUT2D eigenvalue weighted by atomic mass is 10.2. The molecule has 0 aliphatic carbocycles. The van der Waals surface area contributed by atoms with E-state index in [9.17, 15) is 0 Å². The summed E-state index contributed by atoms with van der Waals surface area (Å²) in [5.41, 5.74) is 0.459. The molecule has 0 heterocycles. The Hall–Kier alpha value is -2.71. The van der Waals surface area contributed by atoms with Crippen LogP contribution in [0.15, 0.2) is 42.5 Å². The van der Waals surface area contributed by atoms with Gasteiger partial charge in [0.25, 0.3) is 0 Å². The van der Waals surface area contributed by atoms with Crippen LogP contribution in [0.5, 0.6) is 23.0 Å². The molecule has 0 unspecified atom stereocenters. The minimum atomic E-state index is -0.116. The average Bonchev–Trinajstić information content (AvgIpc) is 2.54. The Morgan fingerprint density at radius 1 is 1.10 bits per heavy atom. The zero-order valence-corrected chi connectivity index (χ0v) is 11.6. The fourth-order valence-corrected chi connectivity index (χ4v) is 1.72. The van der Waals surface area contributed by atoms with E-state index in [-0.39, 0.29) is 13.2 Å². The SMILES string of the molecule is COc1cccc(Oc2ccc(C#N)cc2OCCO)c1. The van der Waals surface area contributed by atoms with E-state index in [0.29, 0.717) is 28.6 Å². The van der Waals surface area contributed by atoms with Gasteiger partial charge in [0.1, 0.15) is 18.1 Å². The molecule has 0 aliphatic heterocycles. The van der Waals surface area contributed by atoms with E-state index in [2.05, 4.69) is 0 Å². The normalized spacial score (nSPS) is 9.76. The number of rotatable bonds is 6. The molecule has 21 heavy (non-hydrogen) atoms. The Bertz CT molecular complexity index is 649. The van der Waals surface area contributed by atoms with Gasteiger partial charge in [-0.15, -0.1) is 0 Å². The second kappa shape index (κ2) is 7.17. The highest BCUT2D eigenvalue weighted by molar-refractivity contribution is 5.49. The summed E-state index contributed by atoms with van der Waals surface area (Å²) in [6.45, 7) is 0.0126. The fourth-order valence-electron chi connectivity index (χ4n) is 1.72. The number of aliphatic hydroxyl groups excluding tert-OH is 1. The van der Waals surface area contributed by atoms with Crippen molar-refractivity contribution in [1.29, 1.82) is 5.26 Å². The molecular weight excluding hydrogens is 270 g/mol. The van der Waals surface area contributed by atoms with Gasteiger partial charge in [-0.05, 0) is 24.3 Å². The maximum Gasteiger partial charge on any atom is 0.169 e. The van der Waals surface area contributed by atoms with Crippen LogP contribution in [0, 0.1) is 11.3 Å². The number of methoxy groups -OCH3 is 1. The van der Waals surface area contributed by atoms with Crippen LogP contribution < -0.4 is 14.2 Å². The monoisotopic (exact) mass is 285 g/mol. The Labute approximate surface area is 122 Å². The van der Waals surface area contributed by atoms with Crippen molar-refractivity contribution in [2.75, 3.05) is 20.3 Å². The molecule has 0 bridgehead atoms. The summed E-state index contributed by atoms with van der Waals surface area (Å²) in [5.74, 6) is 2.15. The van der Waals surface area contributed by atoms with Gasteiger partial charge >= 0.3 is 0 Å². The molecule has 0 aliphatic rings. The van der Waals surface area contributed by atoms with Crippen LogP contribution in [0.2, 0.25) is 0 Å². The molecule has 0 radical (unpaired) electrons. The second-order valence-electron chi connectivity index (χ2n) is 4.13. The quantitative estimate of drug-likeness (QED) is 0.883. The summed E-state index contributed by atoms with van der Waals surface area (Å²) in [5, 5.41) is 17.8. The fraction of sp³-hybridized carbons (Fsp3) is 0.188. The molecule has 0 saturated carbocycles. The van der Waals surface area contributed by atoms with E-state index in [1.165, 1.54) is 0 Å². The van der Waals surface area contributed by atoms with Gasteiger partial charge in [-0.2, -0.15) is 5.26 Å². The highest BCUT2D eigenvalue weighted by atomic mass is 16.5. The lowest BCUT2D eigenvalue weighted by molar-refractivity contribution is 0.198. The van der Waals surface area contributed by atoms with Crippen LogP contribution in [-0.2, 0) is 0 Å². The summed E-state index contributed by atoms with van der Waals surface area (Å²) >= 11 is 0. The van der Waals surface area contributed by atoms with Crippen molar-refractivity contribution < 1.29 is 19.3 Å². The number of aliphatic hydroxyl groups is 1. The summed E-state index contributed by atoms with van der Waals surface area (Å²) in [6, 6.07) is 14.1. The predicted molar refractivity (Wildman–Crippen MR) is 76.8 cm³/mol. The first-order chi connectivity index (χ1) is 10.3. The molecule has 2 aromatic rings. The maximum atomic E-state index is 8.92. The number of ether oxygens (including phenoxy) is 3. The highest BCUT2D eigenvalue weighted by Crippen LogP contribution is 2.33. The van der Waals surface area contributed by atoms with Gasteiger partial charge in [0.2, 0.25) is 0 Å². The number of benzene rings is 2. The van der Waals surface area contributed by atoms with E-state index in [0.717, 1.165) is 0 Å². The van der Waals surface area contributed by atoms with Crippen LogP contribution in [0.4, 0.5) is 0 Å². The Kier molecular flexibility index (Phi) is 5.02. The van der Waals surface area contributed by atoms with Crippen LogP contribution in [0.3, 0.4) is 0 Å². The molecule has 0 saturated heterocycles. The molecule has 0 spiro atoms. The van der Waals surface area contributed by atoms with Gasteiger partial charge in [0, 0.05) is 12.1 Å². The third kappa shape index (κ3) is 3.88. The maximum absolute atomic E-state index is 8.92. The smallest absolute Gasteiger partial charge is 0.169 e. The summed E-state index contributed by atoms with van der Waals surface area (Å²) in [4.78, 5) is 0. The molecule has 0 aromatic heterocycles. The van der Waals surface area contributed by atoms with E-state index in [1.807, 2.05) is 18.2 Å². The summed E-state index contributed by atoms with van der Waals surface area (Å²) in [6.07, 6.45) is 0. The molecule has 5 nitrogen and oxygen atoms in total. The highest BCUT2D eigenvalue weighted by Gasteiger charge is 2.08. The van der Waals surface area contributed by atoms with E-state index in [1.54, 1.807) is 37.4 Å². The molecule has 2 aromatic carbocycles. The Balaban J connectivity index is 2.27. The number of hydrogen-bond donors (Lipinski definition) is 1. The van der Waals surface area contributed by atoms with Crippen molar-refractivity contribution in [3.63, 3.8) is 0 Å². The van der Waals surface area contributed by atoms with Gasteiger partial charge in [0.05, 0.1) is 25.3 Å². The lowest BCUT2D eigenvalue weighted by Crippen LogP contribution is -2.03. The topological polar surface area (TPSA) is 71.7 Å². The van der Waals surface area contributed by atoms with Gasteiger partial charge in [0.15, 0.2) is 11.5 Å². The third-order valence-corrected chi connectivity index (χ3v) is 2.69. The van der Waals surface area contributed by atoms with Crippen molar-refractivity contribution in [2.24, 2.45) is 0 Å². The molecule has 108 valence electrons. The minimum Gasteiger partial charge on any atom is -0.497 e. The number of nitrogens with zero attached hydrogens (tertiary/aromatic N) is 1. The summed E-state index contributed by atoms with van der Waals surface area (Å²) < 4.78 is 16.3. The van der Waals surface area contributed by atoms with E-state index >= 15 is 0 Å². The lowest BCUT2D eigenvalue weighted by Gasteiger charge is -2.12. The van der Waals surface area contributed by atoms with E-state index < -0.39 is 0 Å². The second-order valence-corrected chi connectivity index (χ2v) is 4.13. The molecule has 5 heteroatoms. The largest absolute Gasteiger partial charge is 0.497 e.